The predicted molar refractivity (Wildman–Crippen MR) is 103 cm³/mol. The van der Waals surface area contributed by atoms with Gasteiger partial charge in [-0.25, -0.2) is 9.97 Å². The van der Waals surface area contributed by atoms with E-state index in [0.717, 1.165) is 30.1 Å². The van der Waals surface area contributed by atoms with Crippen LogP contribution in [0.25, 0.3) is 16.8 Å². The lowest BCUT2D eigenvalue weighted by Crippen LogP contribution is -2.49. The molecule has 1 aromatic carbocycles. The van der Waals surface area contributed by atoms with Crippen LogP contribution in [0.4, 0.5) is 5.82 Å². The number of fused-ring (bicyclic) bond motifs is 2. The molecule has 1 saturated carbocycles. The number of anilines is 1. The average Bonchev–Trinajstić information content (AvgIpc) is 3.26. The van der Waals surface area contributed by atoms with Crippen molar-refractivity contribution in [3.8, 4) is 0 Å². The zero-order valence-electron chi connectivity index (χ0n) is 15.5. The van der Waals surface area contributed by atoms with Crippen molar-refractivity contribution in [3.05, 3.63) is 47.7 Å². The van der Waals surface area contributed by atoms with Crippen molar-refractivity contribution >= 4 is 22.6 Å². The van der Waals surface area contributed by atoms with Crippen LogP contribution < -0.4 is 4.90 Å². The van der Waals surface area contributed by atoms with Gasteiger partial charge in [-0.05, 0) is 38.8 Å². The molecule has 2 aliphatic rings. The van der Waals surface area contributed by atoms with Crippen molar-refractivity contribution in [2.45, 2.75) is 38.6 Å². The van der Waals surface area contributed by atoms with Gasteiger partial charge in [0, 0.05) is 30.3 Å². The first-order chi connectivity index (χ1) is 13.2. The molecule has 1 aliphatic carbocycles. The minimum absolute atomic E-state index is 0.444. The predicted octanol–water partition coefficient (Wildman–Crippen LogP) is 3.03. The molecule has 7 nitrogen and oxygen atoms in total. The minimum atomic E-state index is 0.444. The maximum absolute atomic E-state index is 4.96. The fourth-order valence-corrected chi connectivity index (χ4v) is 4.25. The van der Waals surface area contributed by atoms with E-state index in [1.54, 1.807) is 6.33 Å². The van der Waals surface area contributed by atoms with Crippen molar-refractivity contribution in [2.75, 3.05) is 18.0 Å². The number of hydrogen-bond acceptors (Lipinski definition) is 5. The van der Waals surface area contributed by atoms with Gasteiger partial charge in [0.2, 0.25) is 0 Å². The lowest BCUT2D eigenvalue weighted by molar-refractivity contribution is 0.392. The van der Waals surface area contributed by atoms with Crippen LogP contribution in [-0.4, -0.2) is 42.2 Å². The summed E-state index contributed by atoms with van der Waals surface area (Å²) in [7, 11) is 0. The third kappa shape index (κ3) is 2.14. The summed E-state index contributed by atoms with van der Waals surface area (Å²) in [6.45, 7) is 6.08. The molecule has 0 radical (unpaired) electrons. The summed E-state index contributed by atoms with van der Waals surface area (Å²) in [5, 5.41) is 4.40. The molecule has 0 spiro atoms. The van der Waals surface area contributed by atoms with E-state index in [1.807, 2.05) is 11.4 Å². The van der Waals surface area contributed by atoms with E-state index in [-0.39, 0.29) is 0 Å². The molecule has 3 aromatic heterocycles. The van der Waals surface area contributed by atoms with Gasteiger partial charge >= 0.3 is 0 Å². The second kappa shape index (κ2) is 5.28. The Bertz CT molecular complexity index is 1180. The van der Waals surface area contributed by atoms with Crippen molar-refractivity contribution in [1.82, 2.24) is 29.1 Å². The number of aryl methyl sites for hydroxylation is 1. The minimum Gasteiger partial charge on any atom is -0.352 e. The molecule has 1 saturated heterocycles. The van der Waals surface area contributed by atoms with E-state index in [0.29, 0.717) is 17.7 Å². The second-order valence-electron chi connectivity index (χ2n) is 7.78. The molecule has 4 aromatic rings. The Kier molecular flexibility index (Phi) is 2.96. The molecular weight excluding hydrogens is 338 g/mol. The van der Waals surface area contributed by atoms with Crippen molar-refractivity contribution in [2.24, 2.45) is 0 Å². The zero-order chi connectivity index (χ0) is 18.1. The third-order valence-corrected chi connectivity index (χ3v) is 5.97. The van der Waals surface area contributed by atoms with Crippen molar-refractivity contribution in [3.63, 3.8) is 0 Å². The normalized spacial score (nSPS) is 17.8. The number of hydrogen-bond donors (Lipinski definition) is 0. The van der Waals surface area contributed by atoms with Gasteiger partial charge < -0.3 is 9.47 Å². The molecule has 0 bridgehead atoms. The van der Waals surface area contributed by atoms with E-state index in [9.17, 15) is 0 Å². The summed E-state index contributed by atoms with van der Waals surface area (Å²) in [5.74, 6) is 3.69. The number of nitrogens with zero attached hydrogens (tertiary/aromatic N) is 7. The Balaban J connectivity index is 1.39. The molecule has 0 amide bonds. The van der Waals surface area contributed by atoms with Gasteiger partial charge in [0.15, 0.2) is 0 Å². The van der Waals surface area contributed by atoms with Crippen LogP contribution in [0, 0.1) is 13.8 Å². The summed E-state index contributed by atoms with van der Waals surface area (Å²) in [6.07, 6.45) is 4.11. The number of imidazole rings is 1. The first-order valence-corrected chi connectivity index (χ1v) is 9.59. The van der Waals surface area contributed by atoms with Crippen LogP contribution in [0.15, 0.2) is 30.6 Å². The van der Waals surface area contributed by atoms with E-state index in [2.05, 4.69) is 55.7 Å². The highest BCUT2D eigenvalue weighted by molar-refractivity contribution is 5.76. The molecule has 0 unspecified atom stereocenters. The molecule has 1 aliphatic heterocycles. The quantitative estimate of drug-likeness (QED) is 0.563. The number of para-hydroxylation sites is 2. The SMILES string of the molecule is Cc1nc2ncnn2c(N2CC(n3c(C4CC4)nc4ccccc43)C2)c1C. The van der Waals surface area contributed by atoms with E-state index < -0.39 is 0 Å². The first kappa shape index (κ1) is 15.1. The summed E-state index contributed by atoms with van der Waals surface area (Å²) >= 11 is 0. The Hall–Kier alpha value is -2.96. The summed E-state index contributed by atoms with van der Waals surface area (Å²) < 4.78 is 4.36. The maximum Gasteiger partial charge on any atom is 0.254 e. The highest BCUT2D eigenvalue weighted by Gasteiger charge is 2.37. The lowest BCUT2D eigenvalue weighted by Gasteiger charge is -2.42. The third-order valence-electron chi connectivity index (χ3n) is 5.97. The van der Waals surface area contributed by atoms with Crippen molar-refractivity contribution in [1.29, 1.82) is 0 Å². The highest BCUT2D eigenvalue weighted by atomic mass is 15.4. The zero-order valence-corrected chi connectivity index (χ0v) is 15.5. The van der Waals surface area contributed by atoms with Gasteiger partial charge in [-0.1, -0.05) is 12.1 Å². The van der Waals surface area contributed by atoms with Gasteiger partial charge in [-0.3, -0.25) is 0 Å². The summed E-state index contributed by atoms with van der Waals surface area (Å²) in [6, 6.07) is 8.97. The van der Waals surface area contributed by atoms with Crippen molar-refractivity contribution < 1.29 is 0 Å². The highest BCUT2D eigenvalue weighted by Crippen LogP contribution is 2.43. The average molecular weight is 359 g/mol. The monoisotopic (exact) mass is 359 g/mol. The smallest absolute Gasteiger partial charge is 0.254 e. The largest absolute Gasteiger partial charge is 0.352 e. The van der Waals surface area contributed by atoms with Gasteiger partial charge in [0.25, 0.3) is 5.78 Å². The molecule has 136 valence electrons. The Morgan fingerprint density at radius 2 is 1.85 bits per heavy atom. The van der Waals surface area contributed by atoms with Crippen LogP contribution >= 0.6 is 0 Å². The summed E-state index contributed by atoms with van der Waals surface area (Å²) in [4.78, 5) is 16.2. The first-order valence-electron chi connectivity index (χ1n) is 9.59. The summed E-state index contributed by atoms with van der Waals surface area (Å²) in [5.41, 5.74) is 4.56. The molecule has 7 heteroatoms. The van der Waals surface area contributed by atoms with Gasteiger partial charge in [-0.15, -0.1) is 0 Å². The fourth-order valence-electron chi connectivity index (χ4n) is 4.25. The second-order valence-corrected chi connectivity index (χ2v) is 7.78. The Labute approximate surface area is 156 Å². The standard InChI is InChI=1S/C20H21N7/c1-12-13(2)23-20-21-11-22-27(20)19(12)25-9-15(10-25)26-17-6-4-3-5-16(17)24-18(26)14-7-8-14/h3-6,11,14-15H,7-10H2,1-2H3. The van der Waals surface area contributed by atoms with Gasteiger partial charge in [0.05, 0.1) is 17.1 Å². The fraction of sp³-hybridized carbons (Fsp3) is 0.400. The molecule has 0 N–H and O–H groups in total. The number of benzene rings is 1. The molecule has 4 heterocycles. The van der Waals surface area contributed by atoms with Crippen LogP contribution in [0.2, 0.25) is 0 Å². The molecule has 0 atom stereocenters. The van der Waals surface area contributed by atoms with Crippen LogP contribution in [0.5, 0.6) is 0 Å². The Morgan fingerprint density at radius 3 is 2.67 bits per heavy atom. The van der Waals surface area contributed by atoms with Crippen LogP contribution in [-0.2, 0) is 0 Å². The lowest BCUT2D eigenvalue weighted by atomic mass is 10.1. The van der Waals surface area contributed by atoms with E-state index in [1.165, 1.54) is 29.7 Å². The molecular formula is C20H21N7. The van der Waals surface area contributed by atoms with E-state index in [4.69, 9.17) is 4.98 Å². The topological polar surface area (TPSA) is 64.1 Å². The van der Waals surface area contributed by atoms with Crippen LogP contribution in [0.3, 0.4) is 0 Å². The number of aromatic nitrogens is 6. The van der Waals surface area contributed by atoms with Gasteiger partial charge in [-0.2, -0.15) is 14.6 Å². The maximum atomic E-state index is 4.96. The van der Waals surface area contributed by atoms with Gasteiger partial charge in [0.1, 0.15) is 18.0 Å². The van der Waals surface area contributed by atoms with E-state index >= 15 is 0 Å². The molecule has 6 rings (SSSR count). The Morgan fingerprint density at radius 1 is 1.04 bits per heavy atom. The molecule has 27 heavy (non-hydrogen) atoms. The molecule has 2 fully saturated rings. The van der Waals surface area contributed by atoms with Crippen LogP contribution in [0.1, 0.15) is 41.9 Å². The number of rotatable bonds is 3.